The molecule has 0 unspecified atom stereocenters. The molecule has 3 aromatic rings. The molecular weight excluding hydrogens is 472 g/mol. The van der Waals surface area contributed by atoms with Crippen LogP contribution in [0.4, 0.5) is 11.4 Å². The number of allylic oxidation sites excluding steroid dienone is 2. The monoisotopic (exact) mass is 494 g/mol. The Morgan fingerprint density at radius 3 is 2.68 bits per heavy atom. The average molecular weight is 495 g/mol. The van der Waals surface area contributed by atoms with E-state index in [1.54, 1.807) is 12.1 Å². The molecule has 31 heavy (non-hydrogen) atoms. The smallest absolute Gasteiger partial charge is 0.261 e. The maximum absolute atomic E-state index is 13.1. The van der Waals surface area contributed by atoms with Gasteiger partial charge in [-0.3, -0.25) is 4.72 Å². The van der Waals surface area contributed by atoms with Crippen molar-refractivity contribution >= 4 is 37.3 Å². The van der Waals surface area contributed by atoms with Gasteiger partial charge in [0, 0.05) is 16.1 Å². The van der Waals surface area contributed by atoms with Crippen LogP contribution >= 0.6 is 15.9 Å². The minimum Gasteiger partial charge on any atom is -0.378 e. The fourth-order valence-electron chi connectivity index (χ4n) is 4.66. The van der Waals surface area contributed by atoms with Crippen LogP contribution < -0.4 is 10.0 Å². The van der Waals surface area contributed by atoms with Crippen LogP contribution in [0.3, 0.4) is 0 Å². The van der Waals surface area contributed by atoms with Crippen LogP contribution in [0.2, 0.25) is 0 Å². The van der Waals surface area contributed by atoms with E-state index in [0.29, 0.717) is 11.6 Å². The van der Waals surface area contributed by atoms with E-state index in [-0.39, 0.29) is 16.9 Å². The molecule has 0 fully saturated rings. The summed E-state index contributed by atoms with van der Waals surface area (Å²) in [7, 11) is -3.68. The van der Waals surface area contributed by atoms with Gasteiger partial charge in [-0.05, 0) is 72.4 Å². The van der Waals surface area contributed by atoms with Crippen LogP contribution in [0.5, 0.6) is 0 Å². The number of hydrogen-bond donors (Lipinski definition) is 2. The lowest BCUT2D eigenvalue weighted by atomic mass is 9.77. The molecule has 0 radical (unpaired) electrons. The Hall–Kier alpha value is -2.57. The molecule has 6 heteroatoms. The first-order chi connectivity index (χ1) is 14.9. The summed E-state index contributed by atoms with van der Waals surface area (Å²) in [6.45, 7) is 1.89. The van der Waals surface area contributed by atoms with Crippen LogP contribution in [-0.2, 0) is 10.0 Å². The molecule has 0 amide bonds. The topological polar surface area (TPSA) is 58.2 Å². The summed E-state index contributed by atoms with van der Waals surface area (Å²) < 4.78 is 30.0. The molecule has 0 spiro atoms. The van der Waals surface area contributed by atoms with Crippen molar-refractivity contribution in [1.82, 2.24) is 0 Å². The number of halogens is 1. The van der Waals surface area contributed by atoms with Gasteiger partial charge in [0.2, 0.25) is 0 Å². The molecule has 3 atom stereocenters. The van der Waals surface area contributed by atoms with Crippen LogP contribution in [0.15, 0.2) is 88.3 Å². The highest BCUT2D eigenvalue weighted by Crippen LogP contribution is 2.50. The van der Waals surface area contributed by atoms with Gasteiger partial charge < -0.3 is 5.32 Å². The Labute approximate surface area is 191 Å². The first-order valence-electron chi connectivity index (χ1n) is 10.3. The number of benzene rings is 3. The van der Waals surface area contributed by atoms with E-state index in [0.717, 1.165) is 27.7 Å². The second kappa shape index (κ2) is 7.84. The highest BCUT2D eigenvalue weighted by molar-refractivity contribution is 9.10. The van der Waals surface area contributed by atoms with Gasteiger partial charge >= 0.3 is 0 Å². The van der Waals surface area contributed by atoms with E-state index in [4.69, 9.17) is 0 Å². The molecule has 1 aliphatic carbocycles. The van der Waals surface area contributed by atoms with Crippen molar-refractivity contribution in [2.75, 3.05) is 10.0 Å². The zero-order chi connectivity index (χ0) is 21.6. The van der Waals surface area contributed by atoms with Gasteiger partial charge in [-0.1, -0.05) is 58.4 Å². The minimum absolute atomic E-state index is 0.178. The fourth-order valence-corrected chi connectivity index (χ4v) is 6.24. The Morgan fingerprint density at radius 1 is 1.03 bits per heavy atom. The lowest BCUT2D eigenvalue weighted by molar-refractivity contribution is 0.425. The van der Waals surface area contributed by atoms with E-state index in [1.165, 1.54) is 5.56 Å². The van der Waals surface area contributed by atoms with E-state index in [2.05, 4.69) is 56.3 Å². The molecule has 1 heterocycles. The Kier molecular flexibility index (Phi) is 5.15. The van der Waals surface area contributed by atoms with Crippen molar-refractivity contribution in [1.29, 1.82) is 0 Å². The van der Waals surface area contributed by atoms with Crippen molar-refractivity contribution < 1.29 is 8.42 Å². The first-order valence-corrected chi connectivity index (χ1v) is 12.6. The van der Waals surface area contributed by atoms with Gasteiger partial charge in [-0.25, -0.2) is 8.42 Å². The maximum atomic E-state index is 13.1. The second-order valence-electron chi connectivity index (χ2n) is 8.20. The van der Waals surface area contributed by atoms with Crippen LogP contribution in [0, 0.1) is 12.8 Å². The first kappa shape index (κ1) is 20.3. The standard InChI is InChI=1S/C25H23BrN2O2S/c1-16-6-2-3-11-23(16)28-31(29,30)19-12-13-24-22(15-19)20-9-5-10-21(20)25(27-24)17-7-4-8-18(26)14-17/h2-9,11-15,20-21,25,27-28H,10H2,1H3/t20-,21+,25+/m0/s1. The molecular formula is C25H23BrN2O2S. The third-order valence-corrected chi connectivity index (χ3v) is 8.10. The van der Waals surface area contributed by atoms with Crippen molar-refractivity contribution in [3.63, 3.8) is 0 Å². The van der Waals surface area contributed by atoms with Crippen LogP contribution in [0.25, 0.3) is 0 Å². The zero-order valence-corrected chi connectivity index (χ0v) is 19.4. The van der Waals surface area contributed by atoms with E-state index in [1.807, 2.05) is 43.3 Å². The quantitative estimate of drug-likeness (QED) is 0.413. The molecule has 2 aliphatic rings. The molecule has 1 aliphatic heterocycles. The maximum Gasteiger partial charge on any atom is 0.261 e. The highest BCUT2D eigenvalue weighted by Gasteiger charge is 2.38. The largest absolute Gasteiger partial charge is 0.378 e. The molecule has 0 saturated carbocycles. The normalized spacial score (nSPS) is 21.8. The number of sulfonamides is 1. The molecule has 3 aromatic carbocycles. The number of aryl methyl sites for hydroxylation is 1. The van der Waals surface area contributed by atoms with Crippen molar-refractivity contribution in [2.45, 2.75) is 30.2 Å². The minimum atomic E-state index is -3.68. The molecule has 4 nitrogen and oxygen atoms in total. The summed E-state index contributed by atoms with van der Waals surface area (Å²) in [6.07, 6.45) is 5.40. The van der Waals surface area contributed by atoms with Crippen molar-refractivity contribution in [2.24, 2.45) is 5.92 Å². The van der Waals surface area contributed by atoms with Crippen molar-refractivity contribution in [3.05, 3.63) is 100 Å². The summed E-state index contributed by atoms with van der Waals surface area (Å²) in [6, 6.07) is 21.4. The lowest BCUT2D eigenvalue weighted by Gasteiger charge is -2.37. The van der Waals surface area contributed by atoms with Gasteiger partial charge in [0.1, 0.15) is 0 Å². The van der Waals surface area contributed by atoms with Crippen molar-refractivity contribution in [3.8, 4) is 0 Å². The van der Waals surface area contributed by atoms with Crippen LogP contribution in [0.1, 0.15) is 35.1 Å². The number of rotatable bonds is 4. The summed E-state index contributed by atoms with van der Waals surface area (Å²) >= 11 is 3.58. The van der Waals surface area contributed by atoms with E-state index < -0.39 is 10.0 Å². The van der Waals surface area contributed by atoms with E-state index >= 15 is 0 Å². The number of hydrogen-bond acceptors (Lipinski definition) is 3. The Morgan fingerprint density at radius 2 is 1.87 bits per heavy atom. The van der Waals surface area contributed by atoms with Crippen LogP contribution in [-0.4, -0.2) is 8.42 Å². The van der Waals surface area contributed by atoms with Gasteiger partial charge in [-0.2, -0.15) is 0 Å². The summed E-state index contributed by atoms with van der Waals surface area (Å²) in [5, 5.41) is 3.67. The Balaban J connectivity index is 1.51. The third kappa shape index (κ3) is 3.79. The fraction of sp³-hybridized carbons (Fsp3) is 0.200. The summed E-state index contributed by atoms with van der Waals surface area (Å²) in [5.41, 5.74) is 4.76. The number of nitrogens with one attached hydrogen (secondary N) is 2. The number of anilines is 2. The summed E-state index contributed by atoms with van der Waals surface area (Å²) in [4.78, 5) is 0.288. The average Bonchev–Trinajstić information content (AvgIpc) is 3.24. The van der Waals surface area contributed by atoms with Gasteiger partial charge in [0.25, 0.3) is 10.0 Å². The van der Waals surface area contributed by atoms with Gasteiger partial charge in [0.05, 0.1) is 16.6 Å². The molecule has 0 aromatic heterocycles. The highest BCUT2D eigenvalue weighted by atomic mass is 79.9. The predicted octanol–water partition coefficient (Wildman–Crippen LogP) is 6.38. The molecule has 2 N–H and O–H groups in total. The Bertz CT molecular complexity index is 1290. The lowest BCUT2D eigenvalue weighted by Crippen LogP contribution is -2.29. The second-order valence-corrected chi connectivity index (χ2v) is 10.8. The molecule has 0 bridgehead atoms. The van der Waals surface area contributed by atoms with Gasteiger partial charge in [-0.15, -0.1) is 0 Å². The summed E-state index contributed by atoms with van der Waals surface area (Å²) in [5.74, 6) is 0.540. The van der Waals surface area contributed by atoms with Gasteiger partial charge in [0.15, 0.2) is 0 Å². The molecule has 0 saturated heterocycles. The number of fused-ring (bicyclic) bond motifs is 3. The predicted molar refractivity (Wildman–Crippen MR) is 129 cm³/mol. The zero-order valence-electron chi connectivity index (χ0n) is 17.0. The molecule has 5 rings (SSSR count). The number of para-hydroxylation sites is 1. The SMILES string of the molecule is Cc1ccccc1NS(=O)(=O)c1ccc2c(c1)[C@H]1C=CC[C@H]1[C@@H](c1cccc(Br)c1)N2. The third-order valence-electron chi connectivity index (χ3n) is 6.24. The molecule has 158 valence electrons. The van der Waals surface area contributed by atoms with E-state index in [9.17, 15) is 8.42 Å².